The van der Waals surface area contributed by atoms with E-state index >= 15 is 0 Å². The molecule has 2 atom stereocenters. The average molecular weight is 339 g/mol. The van der Waals surface area contributed by atoms with E-state index in [9.17, 15) is 9.59 Å². The van der Waals surface area contributed by atoms with Crippen LogP contribution in [0.4, 0.5) is 4.79 Å². The van der Waals surface area contributed by atoms with Crippen molar-refractivity contribution in [1.29, 1.82) is 0 Å². The highest BCUT2D eigenvalue weighted by Gasteiger charge is 2.54. The van der Waals surface area contributed by atoms with E-state index in [1.165, 1.54) is 4.90 Å². The minimum atomic E-state index is -0.735. The van der Waals surface area contributed by atoms with Crippen molar-refractivity contribution in [2.45, 2.75) is 44.7 Å². The summed E-state index contributed by atoms with van der Waals surface area (Å²) in [6.45, 7) is 2.18. The van der Waals surface area contributed by atoms with Gasteiger partial charge in [-0.15, -0.1) is 0 Å². The molecular weight excluding hydrogens is 318 g/mol. The summed E-state index contributed by atoms with van der Waals surface area (Å²) in [7, 11) is 0. The van der Waals surface area contributed by atoms with E-state index < -0.39 is 5.54 Å². The third-order valence-corrected chi connectivity index (χ3v) is 5.44. The summed E-state index contributed by atoms with van der Waals surface area (Å²) >= 11 is 0. The Hall–Kier alpha value is -2.63. The number of imide groups is 1. The summed E-state index contributed by atoms with van der Waals surface area (Å²) in [5.74, 6) is 0.650. The van der Waals surface area contributed by atoms with Crippen LogP contribution in [0.5, 0.6) is 0 Å². The lowest BCUT2D eigenvalue weighted by atomic mass is 9.73. The van der Waals surface area contributed by atoms with Crippen molar-refractivity contribution in [3.05, 3.63) is 42.1 Å². The van der Waals surface area contributed by atoms with Gasteiger partial charge in [0.25, 0.3) is 5.91 Å². The Kier molecular flexibility index (Phi) is 3.82. The molecule has 1 N–H and O–H groups in total. The van der Waals surface area contributed by atoms with E-state index in [0.29, 0.717) is 17.9 Å². The smallest absolute Gasteiger partial charge is 0.325 e. The van der Waals surface area contributed by atoms with E-state index in [-0.39, 0.29) is 24.4 Å². The van der Waals surface area contributed by atoms with Crippen LogP contribution in [0.1, 0.15) is 38.3 Å². The standard InChI is InChI=1S/C19H21N3O3/c1-13-7-5-6-10-19(13)17(23)22(18(24)20-19)12-15-11-16(25-21-15)14-8-3-2-4-9-14/h2-4,8-9,11,13H,5-7,10,12H2,1H3,(H,20,24)/t13-,19-/m0/s1. The molecule has 2 aliphatic rings. The van der Waals surface area contributed by atoms with Crippen LogP contribution in [0.15, 0.2) is 40.9 Å². The highest BCUT2D eigenvalue weighted by atomic mass is 16.5. The van der Waals surface area contributed by atoms with Crippen LogP contribution in [-0.4, -0.2) is 27.5 Å². The number of benzene rings is 1. The third kappa shape index (κ3) is 2.62. The molecule has 3 amide bonds. The fraction of sp³-hybridized carbons (Fsp3) is 0.421. The number of hydrogen-bond acceptors (Lipinski definition) is 4. The molecule has 1 aromatic heterocycles. The van der Waals surface area contributed by atoms with Gasteiger partial charge in [-0.1, -0.05) is 55.3 Å². The number of hydrogen-bond donors (Lipinski definition) is 1. The summed E-state index contributed by atoms with van der Waals surface area (Å²) < 4.78 is 5.37. The maximum absolute atomic E-state index is 13.0. The molecule has 130 valence electrons. The van der Waals surface area contributed by atoms with Crippen molar-refractivity contribution in [3.63, 3.8) is 0 Å². The van der Waals surface area contributed by atoms with Gasteiger partial charge in [-0.05, 0) is 18.8 Å². The van der Waals surface area contributed by atoms with Gasteiger partial charge in [0.1, 0.15) is 11.2 Å². The molecule has 1 saturated heterocycles. The van der Waals surface area contributed by atoms with E-state index in [1.807, 2.05) is 37.3 Å². The second kappa shape index (κ2) is 6.02. The monoisotopic (exact) mass is 339 g/mol. The molecule has 1 spiro atoms. The van der Waals surface area contributed by atoms with Crippen LogP contribution in [0.2, 0.25) is 0 Å². The van der Waals surface area contributed by atoms with Gasteiger partial charge < -0.3 is 9.84 Å². The number of amides is 3. The van der Waals surface area contributed by atoms with Crippen molar-refractivity contribution >= 4 is 11.9 Å². The lowest BCUT2D eigenvalue weighted by molar-refractivity contribution is -0.134. The first-order valence-corrected chi connectivity index (χ1v) is 8.75. The zero-order valence-corrected chi connectivity index (χ0v) is 14.2. The predicted molar refractivity (Wildman–Crippen MR) is 91.4 cm³/mol. The SMILES string of the molecule is C[C@H]1CCCC[C@]12NC(=O)N(Cc1cc(-c3ccccc3)on1)C2=O. The Morgan fingerprint density at radius 2 is 2.08 bits per heavy atom. The quantitative estimate of drug-likeness (QED) is 0.870. The summed E-state index contributed by atoms with van der Waals surface area (Å²) in [5, 5.41) is 6.99. The van der Waals surface area contributed by atoms with Crippen molar-refractivity contribution in [2.24, 2.45) is 5.92 Å². The maximum Gasteiger partial charge on any atom is 0.325 e. The molecule has 1 aliphatic carbocycles. The second-order valence-corrected chi connectivity index (χ2v) is 6.99. The van der Waals surface area contributed by atoms with Crippen molar-refractivity contribution in [2.75, 3.05) is 0 Å². The van der Waals surface area contributed by atoms with Crippen LogP contribution in [-0.2, 0) is 11.3 Å². The topological polar surface area (TPSA) is 75.4 Å². The summed E-state index contributed by atoms with van der Waals surface area (Å²) in [6, 6.07) is 11.1. The lowest BCUT2D eigenvalue weighted by Gasteiger charge is -2.36. The van der Waals surface area contributed by atoms with Gasteiger partial charge in [-0.3, -0.25) is 9.69 Å². The first kappa shape index (κ1) is 15.9. The van der Waals surface area contributed by atoms with Crippen molar-refractivity contribution in [1.82, 2.24) is 15.4 Å². The number of rotatable bonds is 3. The fourth-order valence-electron chi connectivity index (χ4n) is 3.93. The first-order valence-electron chi connectivity index (χ1n) is 8.75. The van der Waals surface area contributed by atoms with Gasteiger partial charge in [0.05, 0.1) is 6.54 Å². The largest absolute Gasteiger partial charge is 0.356 e. The maximum atomic E-state index is 13.0. The van der Waals surface area contributed by atoms with Crippen LogP contribution in [0.3, 0.4) is 0 Å². The van der Waals surface area contributed by atoms with Gasteiger partial charge in [0.2, 0.25) is 0 Å². The molecule has 1 aliphatic heterocycles. The first-order chi connectivity index (χ1) is 12.1. The molecule has 0 unspecified atom stereocenters. The zero-order chi connectivity index (χ0) is 17.4. The van der Waals surface area contributed by atoms with Crippen LogP contribution < -0.4 is 5.32 Å². The van der Waals surface area contributed by atoms with Crippen LogP contribution in [0, 0.1) is 5.92 Å². The molecule has 2 aromatic rings. The Bertz CT molecular complexity index is 801. The Labute approximate surface area is 146 Å². The van der Waals surface area contributed by atoms with E-state index in [0.717, 1.165) is 24.8 Å². The number of urea groups is 1. The predicted octanol–water partition coefficient (Wildman–Crippen LogP) is 3.34. The second-order valence-electron chi connectivity index (χ2n) is 6.99. The van der Waals surface area contributed by atoms with E-state index in [2.05, 4.69) is 10.5 Å². The number of nitrogens with zero attached hydrogens (tertiary/aromatic N) is 2. The number of nitrogens with one attached hydrogen (secondary N) is 1. The minimum Gasteiger partial charge on any atom is -0.356 e. The van der Waals surface area contributed by atoms with Crippen molar-refractivity contribution < 1.29 is 14.1 Å². The molecule has 4 rings (SSSR count). The summed E-state index contributed by atoms with van der Waals surface area (Å²) in [4.78, 5) is 26.7. The van der Waals surface area contributed by atoms with Gasteiger partial charge in [-0.2, -0.15) is 0 Å². The number of carbonyl (C=O) groups is 2. The number of carbonyl (C=O) groups excluding carboxylic acids is 2. The molecule has 6 nitrogen and oxygen atoms in total. The highest BCUT2D eigenvalue weighted by molar-refractivity contribution is 6.07. The molecular formula is C19H21N3O3. The average Bonchev–Trinajstić information content (AvgIpc) is 3.18. The molecule has 2 heterocycles. The molecule has 2 fully saturated rings. The molecule has 1 aromatic carbocycles. The Morgan fingerprint density at radius 3 is 2.84 bits per heavy atom. The lowest BCUT2D eigenvalue weighted by Crippen LogP contribution is -2.53. The number of aromatic nitrogens is 1. The molecule has 0 bridgehead atoms. The zero-order valence-electron chi connectivity index (χ0n) is 14.2. The fourth-order valence-corrected chi connectivity index (χ4v) is 3.93. The molecule has 25 heavy (non-hydrogen) atoms. The third-order valence-electron chi connectivity index (χ3n) is 5.44. The Balaban J connectivity index is 1.54. The molecule has 0 radical (unpaired) electrons. The Morgan fingerprint density at radius 1 is 1.28 bits per heavy atom. The normalized spacial score (nSPS) is 26.3. The van der Waals surface area contributed by atoms with Gasteiger partial charge in [-0.25, -0.2) is 4.79 Å². The van der Waals surface area contributed by atoms with Gasteiger partial charge in [0.15, 0.2) is 5.76 Å². The van der Waals surface area contributed by atoms with E-state index in [1.54, 1.807) is 6.07 Å². The van der Waals surface area contributed by atoms with Gasteiger partial charge in [0, 0.05) is 11.6 Å². The van der Waals surface area contributed by atoms with E-state index in [4.69, 9.17) is 4.52 Å². The van der Waals surface area contributed by atoms with Crippen LogP contribution >= 0.6 is 0 Å². The molecule has 6 heteroatoms. The molecule has 1 saturated carbocycles. The summed E-state index contributed by atoms with van der Waals surface area (Å²) in [6.07, 6.45) is 3.74. The minimum absolute atomic E-state index is 0.131. The highest BCUT2D eigenvalue weighted by Crippen LogP contribution is 2.38. The van der Waals surface area contributed by atoms with Crippen molar-refractivity contribution in [3.8, 4) is 11.3 Å². The summed E-state index contributed by atoms with van der Waals surface area (Å²) in [5.41, 5.74) is 0.750. The van der Waals surface area contributed by atoms with Gasteiger partial charge >= 0.3 is 6.03 Å². The van der Waals surface area contributed by atoms with Crippen LogP contribution in [0.25, 0.3) is 11.3 Å².